The number of rotatable bonds is 5. The van der Waals surface area contributed by atoms with E-state index in [2.05, 4.69) is 4.72 Å². The summed E-state index contributed by atoms with van der Waals surface area (Å²) in [7, 11) is -3.45. The molecule has 2 fully saturated rings. The van der Waals surface area contributed by atoms with Crippen LogP contribution in [0.2, 0.25) is 0 Å². The molecule has 0 aromatic heterocycles. The van der Waals surface area contributed by atoms with Crippen molar-refractivity contribution in [3.63, 3.8) is 0 Å². The Balaban J connectivity index is 1.73. The molecule has 0 spiro atoms. The van der Waals surface area contributed by atoms with Gasteiger partial charge in [0.1, 0.15) is 0 Å². The number of hydrogen-bond acceptors (Lipinski definition) is 3. The number of nitrogens with one attached hydrogen (secondary N) is 1. The van der Waals surface area contributed by atoms with E-state index >= 15 is 0 Å². The maximum Gasteiger partial charge on any atom is 0.240 e. The summed E-state index contributed by atoms with van der Waals surface area (Å²) in [5, 5.41) is 0. The van der Waals surface area contributed by atoms with Gasteiger partial charge in [-0.3, -0.25) is 4.79 Å². The molecule has 0 heterocycles. The van der Waals surface area contributed by atoms with Gasteiger partial charge in [0.25, 0.3) is 0 Å². The van der Waals surface area contributed by atoms with Crippen molar-refractivity contribution < 1.29 is 13.2 Å². The van der Waals surface area contributed by atoms with Crippen molar-refractivity contribution in [2.45, 2.75) is 49.5 Å². The summed E-state index contributed by atoms with van der Waals surface area (Å²) in [6, 6.07) is 6.39. The highest BCUT2D eigenvalue weighted by Crippen LogP contribution is 2.32. The molecule has 0 unspecified atom stereocenters. The number of hydrogen-bond donors (Lipinski definition) is 1. The van der Waals surface area contributed by atoms with E-state index in [1.54, 1.807) is 12.1 Å². The quantitative estimate of drug-likeness (QED) is 0.848. The fourth-order valence-electron chi connectivity index (χ4n) is 2.71. The molecule has 20 heavy (non-hydrogen) atoms. The minimum absolute atomic E-state index is 0.0628. The highest BCUT2D eigenvalue weighted by Gasteiger charge is 2.30. The molecule has 0 aliphatic heterocycles. The zero-order valence-corrected chi connectivity index (χ0v) is 12.2. The molecule has 1 aromatic carbocycles. The van der Waals surface area contributed by atoms with Crippen molar-refractivity contribution in [2.24, 2.45) is 5.92 Å². The Morgan fingerprint density at radius 3 is 2.15 bits per heavy atom. The molecule has 2 aliphatic rings. The third kappa shape index (κ3) is 2.94. The summed E-state index contributed by atoms with van der Waals surface area (Å²) in [6.07, 6.45) is 5.92. The Labute approximate surface area is 119 Å². The second-order valence-electron chi connectivity index (χ2n) is 5.77. The molecule has 108 valence electrons. The van der Waals surface area contributed by atoms with E-state index in [0.29, 0.717) is 5.56 Å². The van der Waals surface area contributed by atoms with Crippen LogP contribution < -0.4 is 4.72 Å². The van der Waals surface area contributed by atoms with E-state index in [-0.39, 0.29) is 22.6 Å². The lowest BCUT2D eigenvalue weighted by Crippen LogP contribution is -2.32. The van der Waals surface area contributed by atoms with Crippen molar-refractivity contribution in [2.75, 3.05) is 0 Å². The van der Waals surface area contributed by atoms with Crippen LogP contribution in [-0.2, 0) is 10.0 Å². The number of sulfonamides is 1. The van der Waals surface area contributed by atoms with Gasteiger partial charge in [0.2, 0.25) is 10.0 Å². The van der Waals surface area contributed by atoms with Crippen LogP contribution in [0.25, 0.3) is 0 Å². The van der Waals surface area contributed by atoms with Gasteiger partial charge < -0.3 is 0 Å². The van der Waals surface area contributed by atoms with Gasteiger partial charge in [-0.2, -0.15) is 0 Å². The van der Waals surface area contributed by atoms with E-state index in [0.717, 1.165) is 38.5 Å². The van der Waals surface area contributed by atoms with Gasteiger partial charge in [0.15, 0.2) is 5.78 Å². The molecule has 4 nitrogen and oxygen atoms in total. The molecule has 0 amide bonds. The van der Waals surface area contributed by atoms with E-state index in [1.807, 2.05) is 0 Å². The molecule has 0 atom stereocenters. The van der Waals surface area contributed by atoms with Crippen LogP contribution in [-0.4, -0.2) is 20.2 Å². The van der Waals surface area contributed by atoms with E-state index in [1.165, 1.54) is 12.1 Å². The van der Waals surface area contributed by atoms with Crippen LogP contribution in [0.3, 0.4) is 0 Å². The van der Waals surface area contributed by atoms with Crippen molar-refractivity contribution in [3.8, 4) is 0 Å². The lowest BCUT2D eigenvalue weighted by Gasteiger charge is -2.12. The number of Topliss-reactive ketones (excluding diaryl/α,β-unsaturated/α-hetero) is 1. The van der Waals surface area contributed by atoms with Crippen LogP contribution in [0, 0.1) is 5.92 Å². The van der Waals surface area contributed by atoms with E-state index in [4.69, 9.17) is 0 Å². The molecule has 0 saturated heterocycles. The smallest absolute Gasteiger partial charge is 0.240 e. The second-order valence-corrected chi connectivity index (χ2v) is 7.48. The lowest BCUT2D eigenvalue weighted by molar-refractivity contribution is 0.0967. The van der Waals surface area contributed by atoms with Crippen molar-refractivity contribution in [1.82, 2.24) is 4.72 Å². The van der Waals surface area contributed by atoms with Crippen LogP contribution in [0.4, 0.5) is 0 Å². The zero-order valence-electron chi connectivity index (χ0n) is 11.3. The summed E-state index contributed by atoms with van der Waals surface area (Å²) in [4.78, 5) is 12.1. The number of benzene rings is 1. The predicted molar refractivity (Wildman–Crippen MR) is 76.1 cm³/mol. The van der Waals surface area contributed by atoms with Crippen LogP contribution >= 0.6 is 0 Å². The topological polar surface area (TPSA) is 63.2 Å². The monoisotopic (exact) mass is 293 g/mol. The first-order valence-electron chi connectivity index (χ1n) is 7.23. The first kappa shape index (κ1) is 13.8. The summed E-state index contributed by atoms with van der Waals surface area (Å²) < 4.78 is 27.2. The van der Waals surface area contributed by atoms with Gasteiger partial charge in [-0.25, -0.2) is 13.1 Å². The van der Waals surface area contributed by atoms with Gasteiger partial charge in [-0.1, -0.05) is 25.0 Å². The van der Waals surface area contributed by atoms with Crippen molar-refractivity contribution >= 4 is 15.8 Å². The normalized spacial score (nSPS) is 20.2. The number of carbonyl (C=O) groups is 1. The SMILES string of the molecule is O=C(c1ccc(S(=O)(=O)NC2CCCC2)cc1)C1CC1. The van der Waals surface area contributed by atoms with E-state index < -0.39 is 10.0 Å². The van der Waals surface area contributed by atoms with Gasteiger partial charge >= 0.3 is 0 Å². The minimum atomic E-state index is -3.45. The Bertz CT molecular complexity index is 597. The zero-order chi connectivity index (χ0) is 14.2. The first-order valence-corrected chi connectivity index (χ1v) is 8.71. The van der Waals surface area contributed by atoms with E-state index in [9.17, 15) is 13.2 Å². The molecular formula is C15H19NO3S. The van der Waals surface area contributed by atoms with Gasteiger partial charge in [0.05, 0.1) is 4.90 Å². The maximum atomic E-state index is 12.2. The molecule has 5 heteroatoms. The minimum Gasteiger partial charge on any atom is -0.294 e. The third-order valence-corrected chi connectivity index (χ3v) is 5.61. The molecule has 2 aliphatic carbocycles. The molecule has 0 radical (unpaired) electrons. The molecule has 3 rings (SSSR count). The Morgan fingerprint density at radius 1 is 1.00 bits per heavy atom. The fraction of sp³-hybridized carbons (Fsp3) is 0.533. The Hall–Kier alpha value is -1.20. The molecular weight excluding hydrogens is 274 g/mol. The highest BCUT2D eigenvalue weighted by atomic mass is 32.2. The van der Waals surface area contributed by atoms with Crippen LogP contribution in [0.5, 0.6) is 0 Å². The standard InChI is InChI=1S/C15H19NO3S/c17-15(11-5-6-11)12-7-9-14(10-8-12)20(18,19)16-13-3-1-2-4-13/h7-11,13,16H,1-6H2. The Morgan fingerprint density at radius 2 is 1.60 bits per heavy atom. The number of ketones is 1. The summed E-state index contributed by atoms with van der Waals surface area (Å²) >= 11 is 0. The lowest BCUT2D eigenvalue weighted by atomic mass is 10.1. The highest BCUT2D eigenvalue weighted by molar-refractivity contribution is 7.89. The summed E-state index contributed by atoms with van der Waals surface area (Å²) in [6.45, 7) is 0. The third-order valence-electron chi connectivity index (χ3n) is 4.07. The molecule has 0 bridgehead atoms. The molecule has 2 saturated carbocycles. The average Bonchev–Trinajstić information content (AvgIpc) is 3.17. The van der Waals surface area contributed by atoms with Gasteiger partial charge in [0, 0.05) is 17.5 Å². The van der Waals surface area contributed by atoms with Crippen molar-refractivity contribution in [1.29, 1.82) is 0 Å². The molecule has 1 N–H and O–H groups in total. The largest absolute Gasteiger partial charge is 0.294 e. The van der Waals surface area contributed by atoms with Gasteiger partial charge in [-0.05, 0) is 37.8 Å². The maximum absolute atomic E-state index is 12.2. The van der Waals surface area contributed by atoms with Crippen LogP contribution in [0.15, 0.2) is 29.2 Å². The van der Waals surface area contributed by atoms with Gasteiger partial charge in [-0.15, -0.1) is 0 Å². The summed E-state index contributed by atoms with van der Waals surface area (Å²) in [5.41, 5.74) is 0.618. The fourth-order valence-corrected chi connectivity index (χ4v) is 4.02. The average molecular weight is 293 g/mol. The van der Waals surface area contributed by atoms with Crippen molar-refractivity contribution in [3.05, 3.63) is 29.8 Å². The molecule has 1 aromatic rings. The van der Waals surface area contributed by atoms with Crippen LogP contribution in [0.1, 0.15) is 48.9 Å². The number of carbonyl (C=O) groups excluding carboxylic acids is 1. The predicted octanol–water partition coefficient (Wildman–Crippen LogP) is 2.50. The Kier molecular flexibility index (Phi) is 3.65. The summed E-state index contributed by atoms with van der Waals surface area (Å²) in [5.74, 6) is 0.298. The second kappa shape index (κ2) is 5.30. The first-order chi connectivity index (χ1) is 9.56.